The summed E-state index contributed by atoms with van der Waals surface area (Å²) < 4.78 is 1.87. The molecule has 1 N–H and O–H groups in total. The van der Waals surface area contributed by atoms with Gasteiger partial charge in [0, 0.05) is 12.7 Å². The number of nitriles is 1. The predicted molar refractivity (Wildman–Crippen MR) is 80.5 cm³/mol. The Morgan fingerprint density at radius 3 is 2.52 bits per heavy atom. The van der Waals surface area contributed by atoms with Crippen molar-refractivity contribution in [2.24, 2.45) is 7.05 Å². The molecule has 0 aliphatic heterocycles. The van der Waals surface area contributed by atoms with Gasteiger partial charge in [-0.25, -0.2) is 0 Å². The number of carbonyl (C=O) groups is 1. The zero-order valence-electron chi connectivity index (χ0n) is 12.0. The van der Waals surface area contributed by atoms with Gasteiger partial charge < -0.3 is 9.88 Å². The smallest absolute Gasteiger partial charge is 0.269 e. The molecule has 1 fully saturated rings. The lowest BCUT2D eigenvalue weighted by atomic mass is 9.78. The van der Waals surface area contributed by atoms with E-state index in [0.717, 1.165) is 30.5 Å². The lowest BCUT2D eigenvalue weighted by Crippen LogP contribution is -2.52. The number of rotatable bonds is 3. The van der Waals surface area contributed by atoms with Crippen LogP contribution in [0.2, 0.25) is 0 Å². The quantitative estimate of drug-likeness (QED) is 0.939. The van der Waals surface area contributed by atoms with E-state index in [1.165, 1.54) is 0 Å². The van der Waals surface area contributed by atoms with Gasteiger partial charge in [-0.15, -0.1) is 0 Å². The Morgan fingerprint density at radius 2 is 1.95 bits per heavy atom. The van der Waals surface area contributed by atoms with Crippen molar-refractivity contribution in [3.63, 3.8) is 0 Å². The number of nitrogens with one attached hydrogen (secondary N) is 1. The van der Waals surface area contributed by atoms with Gasteiger partial charge in [0.15, 0.2) is 0 Å². The zero-order valence-corrected chi connectivity index (χ0v) is 12.0. The SMILES string of the molecule is Cn1c(C(=O)NC2(C#N)CCC2)ccc1-c1ccccc1. The molecule has 0 spiro atoms. The van der Waals surface area contributed by atoms with E-state index in [-0.39, 0.29) is 5.91 Å². The molecular formula is C17H17N3O. The van der Waals surface area contributed by atoms with Crippen molar-refractivity contribution in [3.8, 4) is 17.3 Å². The molecule has 4 heteroatoms. The fraction of sp³-hybridized carbons (Fsp3) is 0.294. The van der Waals surface area contributed by atoms with Gasteiger partial charge in [-0.1, -0.05) is 30.3 Å². The number of aromatic nitrogens is 1. The first-order valence-corrected chi connectivity index (χ1v) is 7.10. The van der Waals surface area contributed by atoms with Gasteiger partial charge in [0.2, 0.25) is 0 Å². The van der Waals surface area contributed by atoms with E-state index in [0.29, 0.717) is 5.69 Å². The molecule has 4 nitrogen and oxygen atoms in total. The minimum atomic E-state index is -0.658. The summed E-state index contributed by atoms with van der Waals surface area (Å²) >= 11 is 0. The molecule has 0 radical (unpaired) electrons. The van der Waals surface area contributed by atoms with Gasteiger partial charge in [0.05, 0.1) is 6.07 Å². The lowest BCUT2D eigenvalue weighted by molar-refractivity contribution is 0.0873. The second kappa shape index (κ2) is 5.10. The molecule has 21 heavy (non-hydrogen) atoms. The first-order chi connectivity index (χ1) is 10.2. The number of hydrogen-bond acceptors (Lipinski definition) is 2. The molecule has 1 amide bonds. The van der Waals surface area contributed by atoms with E-state index in [1.54, 1.807) is 6.07 Å². The van der Waals surface area contributed by atoms with Crippen LogP contribution in [0.1, 0.15) is 29.8 Å². The van der Waals surface area contributed by atoms with Crippen molar-refractivity contribution < 1.29 is 4.79 Å². The van der Waals surface area contributed by atoms with Crippen LogP contribution in [-0.4, -0.2) is 16.0 Å². The van der Waals surface area contributed by atoms with Crippen LogP contribution in [0.4, 0.5) is 0 Å². The maximum Gasteiger partial charge on any atom is 0.269 e. The summed E-state index contributed by atoms with van der Waals surface area (Å²) in [7, 11) is 1.87. The zero-order chi connectivity index (χ0) is 14.9. The molecule has 1 aromatic carbocycles. The van der Waals surface area contributed by atoms with Crippen LogP contribution >= 0.6 is 0 Å². The van der Waals surface area contributed by atoms with Crippen LogP contribution in [-0.2, 0) is 7.05 Å². The van der Waals surface area contributed by atoms with Crippen molar-refractivity contribution in [3.05, 3.63) is 48.2 Å². The first kappa shape index (κ1) is 13.4. The molecule has 1 heterocycles. The summed E-state index contributed by atoms with van der Waals surface area (Å²) in [6.45, 7) is 0. The summed E-state index contributed by atoms with van der Waals surface area (Å²) in [5.74, 6) is -0.180. The Morgan fingerprint density at radius 1 is 1.24 bits per heavy atom. The third-order valence-electron chi connectivity index (χ3n) is 4.20. The maximum atomic E-state index is 12.4. The van der Waals surface area contributed by atoms with Gasteiger partial charge in [-0.3, -0.25) is 4.79 Å². The molecule has 0 atom stereocenters. The molecule has 2 aromatic rings. The average molecular weight is 279 g/mol. The third kappa shape index (κ3) is 2.31. The molecule has 3 rings (SSSR count). The Balaban J connectivity index is 1.86. The molecule has 0 unspecified atom stereocenters. The van der Waals surface area contributed by atoms with E-state index in [2.05, 4.69) is 11.4 Å². The first-order valence-electron chi connectivity index (χ1n) is 7.10. The number of nitrogens with zero attached hydrogens (tertiary/aromatic N) is 2. The summed E-state index contributed by atoms with van der Waals surface area (Å²) in [6, 6.07) is 15.9. The van der Waals surface area contributed by atoms with Crippen molar-refractivity contribution in [1.82, 2.24) is 9.88 Å². The van der Waals surface area contributed by atoms with E-state index < -0.39 is 5.54 Å². The average Bonchev–Trinajstić information content (AvgIpc) is 2.85. The van der Waals surface area contributed by atoms with Crippen LogP contribution in [0.25, 0.3) is 11.3 Å². The fourth-order valence-corrected chi connectivity index (χ4v) is 2.71. The van der Waals surface area contributed by atoms with Crippen LogP contribution in [0.15, 0.2) is 42.5 Å². The standard InChI is InChI=1S/C17H17N3O/c1-20-14(13-6-3-2-4-7-13)8-9-15(20)16(21)19-17(12-18)10-5-11-17/h2-4,6-9H,5,10-11H2,1H3,(H,19,21). The topological polar surface area (TPSA) is 57.8 Å². The molecule has 1 saturated carbocycles. The molecule has 0 bridgehead atoms. The molecule has 0 saturated heterocycles. The van der Waals surface area contributed by atoms with Gasteiger partial charge in [-0.2, -0.15) is 5.26 Å². The molecule has 1 aliphatic rings. The largest absolute Gasteiger partial charge is 0.340 e. The second-order valence-electron chi connectivity index (χ2n) is 5.53. The van der Waals surface area contributed by atoms with Gasteiger partial charge in [-0.05, 0) is 37.0 Å². The van der Waals surface area contributed by atoms with E-state index in [9.17, 15) is 10.1 Å². The van der Waals surface area contributed by atoms with Gasteiger partial charge >= 0.3 is 0 Å². The minimum Gasteiger partial charge on any atom is -0.340 e. The normalized spacial score (nSPS) is 15.8. The lowest BCUT2D eigenvalue weighted by Gasteiger charge is -2.35. The van der Waals surface area contributed by atoms with Crippen LogP contribution in [0, 0.1) is 11.3 Å². The van der Waals surface area contributed by atoms with Crippen molar-refractivity contribution in [1.29, 1.82) is 5.26 Å². The Labute approximate surface area is 124 Å². The van der Waals surface area contributed by atoms with E-state index in [4.69, 9.17) is 0 Å². The monoisotopic (exact) mass is 279 g/mol. The van der Waals surface area contributed by atoms with Crippen LogP contribution in [0.5, 0.6) is 0 Å². The fourth-order valence-electron chi connectivity index (χ4n) is 2.71. The highest BCUT2D eigenvalue weighted by molar-refractivity contribution is 5.94. The number of amides is 1. The van der Waals surface area contributed by atoms with E-state index >= 15 is 0 Å². The summed E-state index contributed by atoms with van der Waals surface area (Å²) in [6.07, 6.45) is 2.48. The summed E-state index contributed by atoms with van der Waals surface area (Å²) in [5, 5.41) is 12.1. The van der Waals surface area contributed by atoms with Crippen molar-refractivity contribution in [2.75, 3.05) is 0 Å². The summed E-state index contributed by atoms with van der Waals surface area (Å²) in [5.41, 5.74) is 1.97. The second-order valence-corrected chi connectivity index (χ2v) is 5.53. The number of carbonyl (C=O) groups excluding carboxylic acids is 1. The highest BCUT2D eigenvalue weighted by Crippen LogP contribution is 2.31. The Bertz CT molecular complexity index is 705. The van der Waals surface area contributed by atoms with Gasteiger partial charge in [0.25, 0.3) is 5.91 Å². The minimum absolute atomic E-state index is 0.180. The van der Waals surface area contributed by atoms with Gasteiger partial charge in [0.1, 0.15) is 11.2 Å². The summed E-state index contributed by atoms with van der Waals surface area (Å²) in [4.78, 5) is 12.4. The third-order valence-corrected chi connectivity index (χ3v) is 4.20. The predicted octanol–water partition coefficient (Wildman–Crippen LogP) is 2.87. The molecule has 1 aliphatic carbocycles. The number of benzene rings is 1. The maximum absolute atomic E-state index is 12.4. The molecule has 1 aromatic heterocycles. The Hall–Kier alpha value is -2.54. The van der Waals surface area contributed by atoms with Crippen molar-refractivity contribution in [2.45, 2.75) is 24.8 Å². The molecular weight excluding hydrogens is 262 g/mol. The van der Waals surface area contributed by atoms with Crippen LogP contribution in [0.3, 0.4) is 0 Å². The highest BCUT2D eigenvalue weighted by Gasteiger charge is 2.39. The highest BCUT2D eigenvalue weighted by atomic mass is 16.2. The molecule has 106 valence electrons. The van der Waals surface area contributed by atoms with Crippen LogP contribution < -0.4 is 5.32 Å². The number of hydrogen-bond donors (Lipinski definition) is 1. The van der Waals surface area contributed by atoms with E-state index in [1.807, 2.05) is 48.0 Å². The Kier molecular flexibility index (Phi) is 3.26. The van der Waals surface area contributed by atoms with Crippen molar-refractivity contribution >= 4 is 5.91 Å².